The number of aromatic hydroxyl groups is 1. The molecule has 1 saturated heterocycles. The van der Waals surface area contributed by atoms with Gasteiger partial charge in [0, 0.05) is 98.7 Å². The van der Waals surface area contributed by atoms with Crippen LogP contribution in [0.1, 0.15) is 115 Å². The molecule has 12 amide bonds. The molecule has 0 radical (unpaired) electrons. The van der Waals surface area contributed by atoms with Crippen LogP contribution in [0, 0.1) is 5.92 Å². The number of benzene rings is 3. The second-order valence-corrected chi connectivity index (χ2v) is 30.0. The van der Waals surface area contributed by atoms with E-state index in [1.165, 1.54) is 47.4 Å². The number of primary amides is 1. The summed E-state index contributed by atoms with van der Waals surface area (Å²) in [5.41, 5.74) is 24.8. The van der Waals surface area contributed by atoms with Crippen molar-refractivity contribution in [2.24, 2.45) is 33.8 Å². The van der Waals surface area contributed by atoms with Gasteiger partial charge in [0.05, 0.1) is 16.6 Å². The molecule has 10 atom stereocenters. The highest BCUT2D eigenvalue weighted by Gasteiger charge is 2.38. The number of H-pyrrole nitrogens is 1. The molecule has 4 aromatic rings. The first-order chi connectivity index (χ1) is 51.3. The number of aromatic nitrogens is 1. The summed E-state index contributed by atoms with van der Waals surface area (Å²) in [4.78, 5) is 205. The first-order valence-corrected chi connectivity index (χ1v) is 38.3. The maximum atomic E-state index is 15.1. The molecule has 1 aliphatic carbocycles. The summed E-state index contributed by atoms with van der Waals surface area (Å²) in [5.74, 6) is -16.2. The number of nitrogens with zero attached hydrogens (tertiary/aromatic N) is 2. The van der Waals surface area contributed by atoms with Crippen LogP contribution < -0.4 is 76.1 Å². The average Bonchev–Trinajstić information content (AvgIpc) is 0.913. The number of amides is 12. The molecule has 22 N–H and O–H groups in total. The van der Waals surface area contributed by atoms with Gasteiger partial charge in [-0.3, -0.25) is 72.1 Å². The van der Waals surface area contributed by atoms with Gasteiger partial charge in [-0.05, 0) is 92.3 Å². The van der Waals surface area contributed by atoms with Gasteiger partial charge >= 0.3 is 11.9 Å². The van der Waals surface area contributed by atoms with Gasteiger partial charge < -0.3 is 101 Å². The van der Waals surface area contributed by atoms with Gasteiger partial charge in [0.25, 0.3) is 0 Å². The average molecular weight is 1580 g/mol. The van der Waals surface area contributed by atoms with Crippen molar-refractivity contribution in [1.29, 1.82) is 0 Å². The Hall–Kier alpha value is -9.91. The number of carboxylic acid groups (broad SMARTS) is 2. The standard InChI is InChI=1S/C70H95Cl2N17O17S2/c1-36(2)60-69(106)85-50(30-39-10-8-14-44(71)59(39)72)66(103)82-46(16-9-26-78-70(75)76)62(99)77-27-25-54(91)80-47(21-23-57(94)95)63(100)84-51(31-40-32-79-45-15-7-6-13-43(40)45)67(104)83-48(22-24-58(96)97)64(101)86-52(61(74)98)34-107-108-35-53(68(105)88-60)87-65(102)49(29-38-17-19-42(90)20-18-38)81-55(92)33-89(41-11-4-5-12-41)56(93)28-37(3)73/h6-8,10,13-15,17-20,32,36-37,41,46-53,60,79,90H,4-5,9,11-12,16,21-31,33-35,73H2,1-3H3,(H2,74,98)(H,77,99)(H,80,91)(H,81,92)(H,82,103)(H,83,104)(H,84,100)(H,85,106)(H,86,101)(H,87,102)(H,88,105)(H,94,95)(H,96,97)(H4,75,76,78)/t37-,46+,47+,48+,49+,50+,51+,52+,53+,60+/m1/s1. The maximum Gasteiger partial charge on any atom is 0.303 e. The van der Waals surface area contributed by atoms with Crippen molar-refractivity contribution in [2.45, 2.75) is 184 Å². The van der Waals surface area contributed by atoms with Gasteiger partial charge in [0.15, 0.2) is 5.96 Å². The predicted octanol–water partition coefficient (Wildman–Crippen LogP) is -0.0943. The fraction of sp³-hybridized carbons (Fsp3) is 0.500. The van der Waals surface area contributed by atoms with E-state index >= 15 is 9.59 Å². The Balaban J connectivity index is 1.43. The molecule has 0 spiro atoms. The predicted molar refractivity (Wildman–Crippen MR) is 404 cm³/mol. The number of fused-ring (bicyclic) bond motifs is 1. The lowest BCUT2D eigenvalue weighted by Gasteiger charge is -2.30. The SMILES string of the molecule is CC(C)[C@@H]1NC(=O)[C@@H](NC(=O)[C@H](Cc2ccc(O)cc2)NC(=O)CN(C(=O)C[C@@H](C)N)C2CCCC2)CSSC[C@@H](C(N)=O)NC(=O)[C@H](CCC(=O)O)NC(=O)[C@H](Cc2c[nH]c3ccccc23)NC(=O)[C@H](CCC(=O)O)NC(=O)CCNC(=O)[C@H](CCCN=C(N)N)NC(=O)[C@H](Cc2cccc(Cl)c2Cl)NC1=O. The van der Waals surface area contributed by atoms with Crippen LogP contribution in [0.4, 0.5) is 0 Å². The Morgan fingerprint density at radius 1 is 0.667 bits per heavy atom. The monoisotopic (exact) mass is 1580 g/mol. The molecule has 0 bridgehead atoms. The molecular formula is C70H95Cl2N17O17S2. The van der Waals surface area contributed by atoms with Gasteiger partial charge in [-0.25, -0.2) is 0 Å². The number of aromatic amines is 1. The van der Waals surface area contributed by atoms with Crippen molar-refractivity contribution in [2.75, 3.05) is 31.1 Å². The Morgan fingerprint density at radius 2 is 1.25 bits per heavy atom. The van der Waals surface area contributed by atoms with Crippen molar-refractivity contribution in [1.82, 2.24) is 63.1 Å². The topological polar surface area (TPSA) is 555 Å². The van der Waals surface area contributed by atoms with Crippen molar-refractivity contribution in [3.63, 3.8) is 0 Å². The van der Waals surface area contributed by atoms with E-state index in [1.54, 1.807) is 51.2 Å². The van der Waals surface area contributed by atoms with Crippen molar-refractivity contribution in [3.05, 3.63) is 99.7 Å². The molecule has 1 aliphatic heterocycles. The highest BCUT2D eigenvalue weighted by molar-refractivity contribution is 8.76. The third-order valence-electron chi connectivity index (χ3n) is 17.6. The second-order valence-electron chi connectivity index (χ2n) is 26.7. The number of carbonyl (C=O) groups is 14. The number of guanidine groups is 1. The summed E-state index contributed by atoms with van der Waals surface area (Å²) in [6, 6.07) is 1.63. The highest BCUT2D eigenvalue weighted by atomic mass is 35.5. The summed E-state index contributed by atoms with van der Waals surface area (Å²) >= 11 is 13.1. The summed E-state index contributed by atoms with van der Waals surface area (Å²) in [5, 5.41) is 56.4. The number of carbonyl (C=O) groups excluding carboxylic acids is 12. The van der Waals surface area contributed by atoms with Gasteiger partial charge in [-0.1, -0.05) is 114 Å². The number of aliphatic imine (C=N–C) groups is 1. The van der Waals surface area contributed by atoms with Crippen LogP contribution in [0.25, 0.3) is 10.9 Å². The largest absolute Gasteiger partial charge is 0.508 e. The lowest BCUT2D eigenvalue weighted by molar-refractivity contribution is -0.139. The molecular weight excluding hydrogens is 1490 g/mol. The quantitative estimate of drug-likeness (QED) is 0.0169. The van der Waals surface area contributed by atoms with E-state index in [0.717, 1.165) is 34.4 Å². The minimum Gasteiger partial charge on any atom is -0.508 e. The molecule has 34 nitrogen and oxygen atoms in total. The summed E-state index contributed by atoms with van der Waals surface area (Å²) in [7, 11) is 1.67. The van der Waals surface area contributed by atoms with E-state index in [4.69, 9.17) is 46.1 Å². The van der Waals surface area contributed by atoms with Gasteiger partial charge in [0.2, 0.25) is 70.9 Å². The zero-order chi connectivity index (χ0) is 79.3. The number of halogens is 2. The van der Waals surface area contributed by atoms with E-state index in [1.807, 2.05) is 0 Å². The lowest BCUT2D eigenvalue weighted by atomic mass is 10.00. The third-order valence-corrected chi connectivity index (χ3v) is 20.9. The molecule has 1 aromatic heterocycles. The van der Waals surface area contributed by atoms with E-state index < -0.39 is 206 Å². The van der Waals surface area contributed by atoms with Crippen LogP contribution in [0.15, 0.2) is 77.9 Å². The Kier molecular flexibility index (Phi) is 34.8. The number of nitrogens with two attached hydrogens (primary N) is 4. The Labute approximate surface area is 640 Å². The van der Waals surface area contributed by atoms with Crippen molar-refractivity contribution >= 4 is 144 Å². The summed E-state index contributed by atoms with van der Waals surface area (Å²) < 4.78 is 0. The molecule has 0 unspecified atom stereocenters. The number of nitrogens with one attached hydrogen (secondary N) is 11. The summed E-state index contributed by atoms with van der Waals surface area (Å²) in [6.07, 6.45) is 0.0708. The van der Waals surface area contributed by atoms with Crippen molar-refractivity contribution < 1.29 is 82.4 Å². The normalized spacial score (nSPS) is 21.5. The minimum atomic E-state index is -1.77. The Morgan fingerprint density at radius 3 is 1.87 bits per heavy atom. The number of hydrogen-bond donors (Lipinski definition) is 18. The Bertz CT molecular complexity index is 3900. The zero-order valence-electron chi connectivity index (χ0n) is 59.8. The molecule has 2 aliphatic rings. The molecule has 2 fully saturated rings. The zero-order valence-corrected chi connectivity index (χ0v) is 63.0. The second kappa shape index (κ2) is 43.2. The highest BCUT2D eigenvalue weighted by Crippen LogP contribution is 2.29. The molecule has 108 heavy (non-hydrogen) atoms. The van der Waals surface area contributed by atoms with Gasteiger partial charge in [-0.2, -0.15) is 0 Å². The molecule has 588 valence electrons. The van der Waals surface area contributed by atoms with E-state index in [2.05, 4.69) is 63.1 Å². The fourth-order valence-corrected chi connectivity index (χ4v) is 14.7. The van der Waals surface area contributed by atoms with Crippen molar-refractivity contribution in [3.8, 4) is 5.75 Å². The van der Waals surface area contributed by atoms with Crippen LogP contribution in [0.2, 0.25) is 10.0 Å². The lowest BCUT2D eigenvalue weighted by Crippen LogP contribution is -2.61. The number of phenolic OH excluding ortho intramolecular Hbond substituents is 1. The molecule has 2 heterocycles. The van der Waals surface area contributed by atoms with Crippen LogP contribution in [-0.4, -0.2) is 212 Å². The van der Waals surface area contributed by atoms with Gasteiger partial charge in [-0.15, -0.1) is 0 Å². The van der Waals surface area contributed by atoms with Crippen LogP contribution in [-0.2, 0) is 86.4 Å². The molecule has 6 rings (SSSR count). The van der Waals surface area contributed by atoms with E-state index in [-0.39, 0.29) is 77.9 Å². The minimum absolute atomic E-state index is 0.00874. The number of phenols is 1. The van der Waals surface area contributed by atoms with Crippen LogP contribution in [0.5, 0.6) is 5.75 Å². The number of para-hydroxylation sites is 1. The maximum absolute atomic E-state index is 15.1. The van der Waals surface area contributed by atoms with E-state index in [0.29, 0.717) is 34.9 Å². The summed E-state index contributed by atoms with van der Waals surface area (Å²) in [6.45, 7) is 3.76. The first kappa shape index (κ1) is 87.0. The molecule has 38 heteroatoms. The fourth-order valence-electron chi connectivity index (χ4n) is 11.9. The number of rotatable bonds is 26. The number of hydrogen-bond acceptors (Lipinski definition) is 19. The van der Waals surface area contributed by atoms with Crippen LogP contribution in [0.3, 0.4) is 0 Å². The van der Waals surface area contributed by atoms with Gasteiger partial charge in [0.1, 0.15) is 60.1 Å². The van der Waals surface area contributed by atoms with Crippen LogP contribution >= 0.6 is 44.8 Å². The smallest absolute Gasteiger partial charge is 0.303 e. The first-order valence-electron chi connectivity index (χ1n) is 35.1. The number of aliphatic carboxylic acids is 2. The van der Waals surface area contributed by atoms with E-state index in [9.17, 15) is 72.9 Å². The molecule has 3 aromatic carbocycles. The number of carboxylic acids is 2. The molecule has 1 saturated carbocycles. The third kappa shape index (κ3) is 28.3.